The number of Topliss-reactive ketones (excluding diaryl/α,β-unsaturated/α-hetero) is 1. The van der Waals surface area contributed by atoms with Crippen LogP contribution < -0.4 is 0 Å². The van der Waals surface area contributed by atoms with Crippen LogP contribution in [0.3, 0.4) is 0 Å². The Labute approximate surface area is 149 Å². The molecule has 0 aliphatic heterocycles. The second-order valence-corrected chi connectivity index (χ2v) is 8.18. The summed E-state index contributed by atoms with van der Waals surface area (Å²) < 4.78 is 0. The van der Waals surface area contributed by atoms with Gasteiger partial charge in [-0.25, -0.2) is 0 Å². The Morgan fingerprint density at radius 2 is 1.75 bits per heavy atom. The van der Waals surface area contributed by atoms with E-state index < -0.39 is 0 Å². The van der Waals surface area contributed by atoms with Crippen molar-refractivity contribution in [3.63, 3.8) is 0 Å². The van der Waals surface area contributed by atoms with Crippen LogP contribution in [0.25, 0.3) is 5.57 Å². The van der Waals surface area contributed by atoms with E-state index >= 15 is 0 Å². The van der Waals surface area contributed by atoms with Gasteiger partial charge in [0.1, 0.15) is 0 Å². The zero-order valence-corrected chi connectivity index (χ0v) is 15.2. The summed E-state index contributed by atoms with van der Waals surface area (Å²) in [5.74, 6) is 1.37. The smallest absolute Gasteiger partial charge is 0.159 e. The van der Waals surface area contributed by atoms with Crippen LogP contribution in [0.15, 0.2) is 60.2 Å². The highest BCUT2D eigenvalue weighted by molar-refractivity contribution is 7.99. The highest BCUT2D eigenvalue weighted by Gasteiger charge is 2.26. The summed E-state index contributed by atoms with van der Waals surface area (Å²) in [4.78, 5) is 12.9. The van der Waals surface area contributed by atoms with Gasteiger partial charge in [0.15, 0.2) is 5.78 Å². The van der Waals surface area contributed by atoms with Crippen molar-refractivity contribution in [2.24, 2.45) is 0 Å². The van der Waals surface area contributed by atoms with Crippen LogP contribution in [0.1, 0.15) is 43.4 Å². The maximum Gasteiger partial charge on any atom is 0.159 e. The molecule has 0 spiro atoms. The van der Waals surface area contributed by atoms with Crippen molar-refractivity contribution in [2.75, 3.05) is 5.75 Å². The number of hydrogen-bond acceptors (Lipinski definition) is 2. The molecule has 124 valence electrons. The van der Waals surface area contributed by atoms with E-state index in [0.29, 0.717) is 17.5 Å². The molecule has 2 heteroatoms. The fourth-order valence-electron chi connectivity index (χ4n) is 3.23. The fraction of sp³-hybridized carbons (Fsp3) is 0.318. The highest BCUT2D eigenvalue weighted by atomic mass is 32.2. The zero-order valence-electron chi connectivity index (χ0n) is 14.4. The summed E-state index contributed by atoms with van der Waals surface area (Å²) in [5, 5.41) is 0.634. The van der Waals surface area contributed by atoms with Crippen molar-refractivity contribution in [1.82, 2.24) is 0 Å². The van der Waals surface area contributed by atoms with Gasteiger partial charge in [0.05, 0.1) is 0 Å². The summed E-state index contributed by atoms with van der Waals surface area (Å²) in [6.45, 7) is 4.41. The molecule has 2 aromatic rings. The van der Waals surface area contributed by atoms with Crippen LogP contribution in [0.4, 0.5) is 0 Å². The summed E-state index contributed by atoms with van der Waals surface area (Å²) in [5.41, 5.74) is 5.80. The quantitative estimate of drug-likeness (QED) is 0.618. The number of carbonyl (C=O) groups is 1. The molecule has 1 nitrogen and oxygen atoms in total. The van der Waals surface area contributed by atoms with E-state index in [1.165, 1.54) is 11.1 Å². The van der Waals surface area contributed by atoms with Crippen molar-refractivity contribution in [3.05, 3.63) is 76.9 Å². The van der Waals surface area contributed by atoms with Crippen molar-refractivity contribution in [2.45, 2.75) is 38.4 Å². The predicted molar refractivity (Wildman–Crippen MR) is 104 cm³/mol. The lowest BCUT2D eigenvalue weighted by atomic mass is 9.95. The molecular formula is C22H24OS. The third-order valence-corrected chi connectivity index (χ3v) is 5.55. The van der Waals surface area contributed by atoms with Gasteiger partial charge in [-0.3, -0.25) is 4.79 Å². The number of thioether (sulfide) groups is 1. The summed E-state index contributed by atoms with van der Waals surface area (Å²) in [6, 6.07) is 18.8. The van der Waals surface area contributed by atoms with Gasteiger partial charge in [0.25, 0.3) is 0 Å². The summed E-state index contributed by atoms with van der Waals surface area (Å²) >= 11 is 1.93. The number of allylic oxidation sites excluding steroid dienone is 1. The molecular weight excluding hydrogens is 312 g/mol. The van der Waals surface area contributed by atoms with E-state index in [2.05, 4.69) is 50.2 Å². The van der Waals surface area contributed by atoms with Crippen LogP contribution in [0, 0.1) is 0 Å². The molecule has 0 aromatic heterocycles. The third kappa shape index (κ3) is 3.81. The molecule has 0 saturated heterocycles. The largest absolute Gasteiger partial charge is 0.295 e. The van der Waals surface area contributed by atoms with Gasteiger partial charge in [0, 0.05) is 18.4 Å². The average Bonchev–Trinajstić information content (AvgIpc) is 2.98. The molecule has 0 heterocycles. The van der Waals surface area contributed by atoms with Crippen molar-refractivity contribution in [3.8, 4) is 0 Å². The Bertz CT molecular complexity index is 744. The number of fused-ring (bicyclic) bond motifs is 1. The van der Waals surface area contributed by atoms with Gasteiger partial charge < -0.3 is 0 Å². The summed E-state index contributed by atoms with van der Waals surface area (Å²) in [6.07, 6.45) is 2.39. The van der Waals surface area contributed by atoms with Crippen LogP contribution in [0.2, 0.25) is 0 Å². The van der Waals surface area contributed by atoms with Crippen LogP contribution >= 0.6 is 11.8 Å². The lowest BCUT2D eigenvalue weighted by molar-refractivity contribution is -0.115. The molecule has 0 bridgehead atoms. The average molecular weight is 337 g/mol. The van der Waals surface area contributed by atoms with Crippen molar-refractivity contribution >= 4 is 23.1 Å². The molecule has 0 radical (unpaired) electrons. The standard InChI is InChI=1S/C22H24OS/c1-16(2)24-14-8-13-21(23)20-15-18-11-6-7-12-19(18)22(20)17-9-4-3-5-10-17/h3-7,9-12,16H,8,13-15H2,1-2H3. The molecule has 1 aliphatic rings. The van der Waals surface area contributed by atoms with Crippen molar-refractivity contribution in [1.29, 1.82) is 0 Å². The van der Waals surface area contributed by atoms with Crippen LogP contribution in [0.5, 0.6) is 0 Å². The van der Waals surface area contributed by atoms with E-state index in [-0.39, 0.29) is 0 Å². The Balaban J connectivity index is 1.85. The minimum absolute atomic E-state index is 0.314. The summed E-state index contributed by atoms with van der Waals surface area (Å²) in [7, 11) is 0. The number of carbonyl (C=O) groups excluding carboxylic acids is 1. The first-order chi connectivity index (χ1) is 11.7. The Kier molecular flexibility index (Phi) is 5.57. The lowest BCUT2D eigenvalue weighted by Gasteiger charge is -2.09. The molecule has 0 fully saturated rings. The number of hydrogen-bond donors (Lipinski definition) is 0. The zero-order chi connectivity index (χ0) is 16.9. The lowest BCUT2D eigenvalue weighted by Crippen LogP contribution is -2.05. The minimum Gasteiger partial charge on any atom is -0.295 e. The first-order valence-corrected chi connectivity index (χ1v) is 9.73. The Hall–Kier alpha value is -1.80. The van der Waals surface area contributed by atoms with Gasteiger partial charge in [-0.2, -0.15) is 11.8 Å². The molecule has 0 amide bonds. The van der Waals surface area contributed by atoms with Crippen molar-refractivity contribution < 1.29 is 4.79 Å². The highest BCUT2D eigenvalue weighted by Crippen LogP contribution is 2.38. The van der Waals surface area contributed by atoms with Crippen LogP contribution in [-0.2, 0) is 11.2 Å². The Morgan fingerprint density at radius 1 is 1.04 bits per heavy atom. The molecule has 24 heavy (non-hydrogen) atoms. The van der Waals surface area contributed by atoms with E-state index in [0.717, 1.165) is 35.3 Å². The molecule has 2 aromatic carbocycles. The molecule has 0 N–H and O–H groups in total. The number of benzene rings is 2. The number of ketones is 1. The maximum absolute atomic E-state index is 12.9. The van der Waals surface area contributed by atoms with Gasteiger partial charge >= 0.3 is 0 Å². The first kappa shape index (κ1) is 17.0. The number of rotatable bonds is 7. The first-order valence-electron chi connectivity index (χ1n) is 8.68. The second-order valence-electron chi connectivity index (χ2n) is 6.50. The van der Waals surface area contributed by atoms with Gasteiger partial charge in [-0.1, -0.05) is 68.4 Å². The van der Waals surface area contributed by atoms with E-state index in [4.69, 9.17) is 0 Å². The van der Waals surface area contributed by atoms with Gasteiger partial charge in [-0.15, -0.1) is 0 Å². The maximum atomic E-state index is 12.9. The van der Waals surface area contributed by atoms with E-state index in [1.54, 1.807) is 0 Å². The third-order valence-electron chi connectivity index (χ3n) is 4.35. The molecule has 3 rings (SSSR count). The van der Waals surface area contributed by atoms with Gasteiger partial charge in [-0.05, 0) is 39.7 Å². The Morgan fingerprint density at radius 3 is 2.50 bits per heavy atom. The SMILES string of the molecule is CC(C)SCCCC(=O)C1=C(c2ccccc2)c2ccccc2C1. The van der Waals surface area contributed by atoms with Gasteiger partial charge in [0.2, 0.25) is 0 Å². The van der Waals surface area contributed by atoms with E-state index in [9.17, 15) is 4.79 Å². The molecule has 1 aliphatic carbocycles. The second kappa shape index (κ2) is 7.85. The van der Waals surface area contributed by atoms with E-state index in [1.807, 2.05) is 30.0 Å². The minimum atomic E-state index is 0.314. The monoisotopic (exact) mass is 336 g/mol. The molecule has 0 saturated carbocycles. The normalized spacial score (nSPS) is 13.5. The predicted octanol–water partition coefficient (Wildman–Crippen LogP) is 5.54. The molecule has 0 unspecified atom stereocenters. The topological polar surface area (TPSA) is 17.1 Å². The van der Waals surface area contributed by atoms with Crippen LogP contribution in [-0.4, -0.2) is 16.8 Å². The molecule has 0 atom stereocenters. The fourth-order valence-corrected chi connectivity index (χ4v) is 4.02.